The van der Waals surface area contributed by atoms with E-state index >= 15 is 0 Å². The number of rotatable bonds is 2. The van der Waals surface area contributed by atoms with Crippen LogP contribution in [0.25, 0.3) is 0 Å². The lowest BCUT2D eigenvalue weighted by molar-refractivity contribution is 1.31. The van der Waals surface area contributed by atoms with Crippen LogP contribution in [-0.2, 0) is 0 Å². The molecule has 0 aromatic carbocycles. The van der Waals surface area contributed by atoms with Gasteiger partial charge in [-0.25, -0.2) is 0 Å². The van der Waals surface area contributed by atoms with Crippen molar-refractivity contribution < 1.29 is 0 Å². The molecule has 0 aliphatic rings. The van der Waals surface area contributed by atoms with Gasteiger partial charge in [-0.2, -0.15) is 0 Å². The molecular formula is C12H18N6. The summed E-state index contributed by atoms with van der Waals surface area (Å²) < 4.78 is 0. The zero-order chi connectivity index (χ0) is 13.4. The Morgan fingerprint density at radius 2 is 1.44 bits per heavy atom. The van der Waals surface area contributed by atoms with Gasteiger partial charge in [0.1, 0.15) is 0 Å². The SMILES string of the molecule is CNc1ccncc1N.CNc1cnccc1N. The van der Waals surface area contributed by atoms with Crippen LogP contribution in [-0.4, -0.2) is 24.1 Å². The standard InChI is InChI=1S/2C6H9N3/c1-8-6-2-3-9-4-5(6)7;1-8-6-4-9-3-2-5(6)7/h2-4H,7H2,1H3,(H,8,9);2-4,8H,1H3,(H2,7,9). The number of hydrogen-bond donors (Lipinski definition) is 4. The van der Waals surface area contributed by atoms with Crippen molar-refractivity contribution in [3.8, 4) is 0 Å². The molecule has 0 spiro atoms. The van der Waals surface area contributed by atoms with Gasteiger partial charge in [-0.15, -0.1) is 0 Å². The monoisotopic (exact) mass is 246 g/mol. The molecule has 18 heavy (non-hydrogen) atoms. The van der Waals surface area contributed by atoms with Crippen LogP contribution in [0.1, 0.15) is 0 Å². The highest BCUT2D eigenvalue weighted by atomic mass is 14.9. The maximum absolute atomic E-state index is 5.53. The van der Waals surface area contributed by atoms with E-state index in [1.165, 1.54) is 0 Å². The molecule has 0 amide bonds. The van der Waals surface area contributed by atoms with Crippen LogP contribution in [0.2, 0.25) is 0 Å². The smallest absolute Gasteiger partial charge is 0.0757 e. The molecule has 6 heteroatoms. The lowest BCUT2D eigenvalue weighted by Crippen LogP contribution is -1.94. The second kappa shape index (κ2) is 6.95. The van der Waals surface area contributed by atoms with Gasteiger partial charge in [0, 0.05) is 26.5 Å². The van der Waals surface area contributed by atoms with Crippen molar-refractivity contribution in [2.45, 2.75) is 0 Å². The van der Waals surface area contributed by atoms with Crippen molar-refractivity contribution in [3.63, 3.8) is 0 Å². The highest BCUT2D eigenvalue weighted by Crippen LogP contribution is 2.13. The first-order chi connectivity index (χ1) is 8.69. The van der Waals surface area contributed by atoms with E-state index in [9.17, 15) is 0 Å². The van der Waals surface area contributed by atoms with Gasteiger partial charge in [-0.3, -0.25) is 9.97 Å². The molecule has 0 saturated heterocycles. The largest absolute Gasteiger partial charge is 0.397 e. The minimum atomic E-state index is 0.681. The summed E-state index contributed by atoms with van der Waals surface area (Å²) in [5.74, 6) is 0. The molecule has 0 aliphatic carbocycles. The number of pyridine rings is 2. The van der Waals surface area contributed by atoms with Gasteiger partial charge in [0.05, 0.1) is 35.1 Å². The van der Waals surface area contributed by atoms with Crippen molar-refractivity contribution in [1.29, 1.82) is 0 Å². The minimum absolute atomic E-state index is 0.681. The number of hydrogen-bond acceptors (Lipinski definition) is 6. The van der Waals surface area contributed by atoms with Gasteiger partial charge in [0.2, 0.25) is 0 Å². The van der Waals surface area contributed by atoms with Crippen LogP contribution in [0.5, 0.6) is 0 Å². The van der Waals surface area contributed by atoms with Gasteiger partial charge in [0.25, 0.3) is 0 Å². The molecule has 2 rings (SSSR count). The molecule has 6 nitrogen and oxygen atoms in total. The van der Waals surface area contributed by atoms with Crippen molar-refractivity contribution >= 4 is 22.7 Å². The third-order valence-electron chi connectivity index (χ3n) is 2.25. The Morgan fingerprint density at radius 3 is 1.89 bits per heavy atom. The van der Waals surface area contributed by atoms with E-state index in [-0.39, 0.29) is 0 Å². The van der Waals surface area contributed by atoms with E-state index in [0.717, 1.165) is 17.1 Å². The number of anilines is 4. The van der Waals surface area contributed by atoms with Gasteiger partial charge >= 0.3 is 0 Å². The van der Waals surface area contributed by atoms with E-state index in [1.54, 1.807) is 30.9 Å². The predicted octanol–water partition coefficient (Wildman–Crippen LogP) is 1.41. The molecule has 0 saturated carbocycles. The predicted molar refractivity (Wildman–Crippen MR) is 76.4 cm³/mol. The third-order valence-corrected chi connectivity index (χ3v) is 2.25. The summed E-state index contributed by atoms with van der Waals surface area (Å²) >= 11 is 0. The molecule has 0 unspecified atom stereocenters. The first-order valence-corrected chi connectivity index (χ1v) is 5.43. The average Bonchev–Trinajstić information content (AvgIpc) is 2.41. The number of nitrogens with one attached hydrogen (secondary N) is 2. The maximum atomic E-state index is 5.53. The van der Waals surface area contributed by atoms with Crippen molar-refractivity contribution in [3.05, 3.63) is 36.9 Å². The summed E-state index contributed by atoms with van der Waals surface area (Å²) in [6, 6.07) is 3.58. The molecule has 0 bridgehead atoms. The molecule has 2 aromatic rings. The van der Waals surface area contributed by atoms with Gasteiger partial charge in [0.15, 0.2) is 0 Å². The Hall–Kier alpha value is -2.50. The van der Waals surface area contributed by atoms with Crippen molar-refractivity contribution in [2.24, 2.45) is 0 Å². The topological polar surface area (TPSA) is 102 Å². The third kappa shape index (κ3) is 3.82. The Morgan fingerprint density at radius 1 is 0.833 bits per heavy atom. The van der Waals surface area contributed by atoms with Crippen LogP contribution in [0.15, 0.2) is 36.9 Å². The summed E-state index contributed by atoms with van der Waals surface area (Å²) in [7, 11) is 3.64. The van der Waals surface area contributed by atoms with Crippen molar-refractivity contribution in [1.82, 2.24) is 9.97 Å². The fraction of sp³-hybridized carbons (Fsp3) is 0.167. The zero-order valence-electron chi connectivity index (χ0n) is 10.5. The summed E-state index contributed by atoms with van der Waals surface area (Å²) in [4.78, 5) is 7.70. The first-order valence-electron chi connectivity index (χ1n) is 5.43. The van der Waals surface area contributed by atoms with Crippen LogP contribution < -0.4 is 22.1 Å². The lowest BCUT2D eigenvalue weighted by Gasteiger charge is -2.00. The number of nitrogens with two attached hydrogens (primary N) is 2. The van der Waals surface area contributed by atoms with Gasteiger partial charge in [-0.1, -0.05) is 0 Å². The molecular weight excluding hydrogens is 228 g/mol. The van der Waals surface area contributed by atoms with E-state index in [2.05, 4.69) is 20.6 Å². The average molecular weight is 246 g/mol. The number of nitrogen functional groups attached to an aromatic ring is 2. The van der Waals surface area contributed by atoms with E-state index < -0.39 is 0 Å². The van der Waals surface area contributed by atoms with Crippen LogP contribution in [0.4, 0.5) is 22.7 Å². The Bertz CT molecular complexity index is 440. The Balaban J connectivity index is 0.000000180. The maximum Gasteiger partial charge on any atom is 0.0757 e. The van der Waals surface area contributed by atoms with Crippen LogP contribution in [0, 0.1) is 0 Å². The molecule has 2 aromatic heterocycles. The fourth-order valence-electron chi connectivity index (χ4n) is 1.25. The molecule has 0 atom stereocenters. The second-order valence-electron chi connectivity index (χ2n) is 3.43. The van der Waals surface area contributed by atoms with Crippen molar-refractivity contribution in [2.75, 3.05) is 36.2 Å². The molecule has 6 N–H and O–H groups in total. The number of aromatic nitrogens is 2. The Labute approximate surface area is 106 Å². The number of nitrogens with zero attached hydrogens (tertiary/aromatic N) is 2. The highest BCUT2D eigenvalue weighted by molar-refractivity contribution is 5.64. The Kier molecular flexibility index (Phi) is 5.24. The molecule has 2 heterocycles. The molecule has 96 valence electrons. The van der Waals surface area contributed by atoms with Crippen LogP contribution in [0.3, 0.4) is 0 Å². The normalized spacial score (nSPS) is 9.00. The van der Waals surface area contributed by atoms with Crippen LogP contribution >= 0.6 is 0 Å². The molecule has 0 aliphatic heterocycles. The molecule has 0 fully saturated rings. The summed E-state index contributed by atoms with van der Waals surface area (Å²) in [5, 5.41) is 5.84. The summed E-state index contributed by atoms with van der Waals surface area (Å²) in [6.07, 6.45) is 6.67. The first kappa shape index (κ1) is 13.6. The minimum Gasteiger partial charge on any atom is -0.397 e. The van der Waals surface area contributed by atoms with E-state index in [1.807, 2.05) is 20.2 Å². The second-order valence-corrected chi connectivity index (χ2v) is 3.43. The quantitative estimate of drug-likeness (QED) is 0.639. The highest BCUT2D eigenvalue weighted by Gasteiger charge is 1.91. The van der Waals surface area contributed by atoms with Gasteiger partial charge < -0.3 is 22.1 Å². The fourth-order valence-corrected chi connectivity index (χ4v) is 1.25. The van der Waals surface area contributed by atoms with E-state index in [0.29, 0.717) is 5.69 Å². The summed E-state index contributed by atoms with van der Waals surface area (Å²) in [5.41, 5.74) is 14.2. The molecule has 0 radical (unpaired) electrons. The zero-order valence-corrected chi connectivity index (χ0v) is 10.5. The lowest BCUT2D eigenvalue weighted by atomic mass is 10.3. The summed E-state index contributed by atoms with van der Waals surface area (Å²) in [6.45, 7) is 0. The van der Waals surface area contributed by atoms with E-state index in [4.69, 9.17) is 11.5 Å². The van der Waals surface area contributed by atoms with Gasteiger partial charge in [-0.05, 0) is 12.1 Å².